The van der Waals surface area contributed by atoms with Crippen molar-refractivity contribution in [3.63, 3.8) is 0 Å². The predicted molar refractivity (Wildman–Crippen MR) is 65.6 cm³/mol. The van der Waals surface area contributed by atoms with Gasteiger partial charge in [0, 0.05) is 26.3 Å². The summed E-state index contributed by atoms with van der Waals surface area (Å²) in [5, 5.41) is 3.98. The average molecular weight is 228 g/mol. The molecule has 1 aromatic rings. The third-order valence-corrected chi connectivity index (χ3v) is 2.69. The Morgan fingerprint density at radius 2 is 2.20 bits per heavy atom. The summed E-state index contributed by atoms with van der Waals surface area (Å²) >= 11 is 6.06. The molecule has 0 radical (unpaired) electrons. The molecule has 15 heavy (non-hydrogen) atoms. The zero-order valence-electron chi connectivity index (χ0n) is 9.55. The van der Waals surface area contributed by atoms with E-state index < -0.39 is 0 Å². The molecule has 3 nitrogen and oxygen atoms in total. The van der Waals surface area contributed by atoms with Gasteiger partial charge in [0.15, 0.2) is 0 Å². The lowest BCUT2D eigenvalue weighted by Gasteiger charge is -2.16. The molecule has 0 amide bonds. The van der Waals surface area contributed by atoms with Crippen molar-refractivity contribution in [3.05, 3.63) is 22.8 Å². The van der Waals surface area contributed by atoms with Crippen LogP contribution in [0.5, 0.6) is 0 Å². The van der Waals surface area contributed by atoms with E-state index in [1.54, 1.807) is 6.20 Å². The van der Waals surface area contributed by atoms with E-state index in [0.29, 0.717) is 0 Å². The van der Waals surface area contributed by atoms with Gasteiger partial charge < -0.3 is 10.2 Å². The maximum Gasteiger partial charge on any atom is 0.128 e. The van der Waals surface area contributed by atoms with Crippen LogP contribution in [0.2, 0.25) is 5.02 Å². The first-order valence-corrected chi connectivity index (χ1v) is 5.63. The lowest BCUT2D eigenvalue weighted by molar-refractivity contribution is 0.725. The standard InChI is InChI=1S/C11H18ClN3/c1-4-13-7-9-6-11(15(3)5-2)14-8-10(9)12/h6,8,13H,4-5,7H2,1-3H3. The lowest BCUT2D eigenvalue weighted by Crippen LogP contribution is -2.18. The van der Waals surface area contributed by atoms with Crippen LogP contribution in [0.25, 0.3) is 0 Å². The van der Waals surface area contributed by atoms with Crippen molar-refractivity contribution in [3.8, 4) is 0 Å². The second kappa shape index (κ2) is 5.93. The first-order valence-electron chi connectivity index (χ1n) is 5.25. The van der Waals surface area contributed by atoms with Crippen molar-refractivity contribution in [2.75, 3.05) is 25.0 Å². The van der Waals surface area contributed by atoms with Crippen LogP contribution in [0.4, 0.5) is 5.82 Å². The molecule has 0 unspecified atom stereocenters. The van der Waals surface area contributed by atoms with Crippen LogP contribution in [0.3, 0.4) is 0 Å². The zero-order chi connectivity index (χ0) is 11.3. The van der Waals surface area contributed by atoms with Gasteiger partial charge in [-0.2, -0.15) is 0 Å². The van der Waals surface area contributed by atoms with Crippen LogP contribution in [0.15, 0.2) is 12.3 Å². The molecular weight excluding hydrogens is 210 g/mol. The van der Waals surface area contributed by atoms with Gasteiger partial charge >= 0.3 is 0 Å². The molecule has 0 aromatic carbocycles. The molecule has 4 heteroatoms. The monoisotopic (exact) mass is 227 g/mol. The maximum atomic E-state index is 6.06. The first-order chi connectivity index (χ1) is 7.19. The molecule has 0 fully saturated rings. The minimum Gasteiger partial charge on any atom is -0.360 e. The first kappa shape index (κ1) is 12.3. The molecule has 0 aliphatic rings. The molecule has 1 aromatic heterocycles. The second-order valence-electron chi connectivity index (χ2n) is 3.43. The van der Waals surface area contributed by atoms with E-state index in [-0.39, 0.29) is 0 Å². The number of pyridine rings is 1. The highest BCUT2D eigenvalue weighted by Crippen LogP contribution is 2.19. The number of hydrogen-bond donors (Lipinski definition) is 1. The van der Waals surface area contributed by atoms with E-state index >= 15 is 0 Å². The topological polar surface area (TPSA) is 28.2 Å². The van der Waals surface area contributed by atoms with Gasteiger partial charge in [-0.3, -0.25) is 0 Å². The summed E-state index contributed by atoms with van der Waals surface area (Å²) in [5.41, 5.74) is 1.10. The Bertz CT molecular complexity index is 315. The highest BCUT2D eigenvalue weighted by Gasteiger charge is 2.05. The smallest absolute Gasteiger partial charge is 0.128 e. The van der Waals surface area contributed by atoms with Gasteiger partial charge in [-0.05, 0) is 25.1 Å². The highest BCUT2D eigenvalue weighted by molar-refractivity contribution is 6.31. The van der Waals surface area contributed by atoms with Crippen LogP contribution in [0.1, 0.15) is 19.4 Å². The SMILES string of the molecule is CCNCc1cc(N(C)CC)ncc1Cl. The van der Waals surface area contributed by atoms with Crippen molar-refractivity contribution < 1.29 is 0 Å². The van der Waals surface area contributed by atoms with E-state index in [1.807, 2.05) is 13.1 Å². The number of nitrogens with zero attached hydrogens (tertiary/aromatic N) is 2. The molecule has 0 spiro atoms. The van der Waals surface area contributed by atoms with Crippen LogP contribution >= 0.6 is 11.6 Å². The molecule has 1 N–H and O–H groups in total. The van der Waals surface area contributed by atoms with Crippen LogP contribution < -0.4 is 10.2 Å². The van der Waals surface area contributed by atoms with Crippen molar-refractivity contribution >= 4 is 17.4 Å². The molecule has 0 saturated heterocycles. The Balaban J connectivity index is 2.84. The molecule has 1 heterocycles. The van der Waals surface area contributed by atoms with Gasteiger partial charge in [0.1, 0.15) is 5.82 Å². The molecule has 0 aliphatic carbocycles. The van der Waals surface area contributed by atoms with Crippen LogP contribution in [-0.2, 0) is 6.54 Å². The van der Waals surface area contributed by atoms with Gasteiger partial charge in [0.2, 0.25) is 0 Å². The van der Waals surface area contributed by atoms with E-state index in [4.69, 9.17) is 11.6 Å². The average Bonchev–Trinajstić information content (AvgIpc) is 2.27. The Hall–Kier alpha value is -0.800. The molecule has 0 aliphatic heterocycles. The number of hydrogen-bond acceptors (Lipinski definition) is 3. The van der Waals surface area contributed by atoms with Gasteiger partial charge in [0.05, 0.1) is 5.02 Å². The molecule has 0 bridgehead atoms. The third kappa shape index (κ3) is 3.36. The van der Waals surface area contributed by atoms with E-state index in [1.165, 1.54) is 0 Å². The predicted octanol–water partition coefficient (Wildman–Crippen LogP) is 2.30. The molecule has 1 rings (SSSR count). The largest absolute Gasteiger partial charge is 0.360 e. The Labute approximate surface area is 96.5 Å². The number of aromatic nitrogens is 1. The molecule has 84 valence electrons. The van der Waals surface area contributed by atoms with Gasteiger partial charge in [0.25, 0.3) is 0 Å². The Morgan fingerprint density at radius 1 is 1.47 bits per heavy atom. The highest BCUT2D eigenvalue weighted by atomic mass is 35.5. The second-order valence-corrected chi connectivity index (χ2v) is 3.84. The summed E-state index contributed by atoms with van der Waals surface area (Å²) in [6.45, 7) is 6.85. The molecular formula is C11H18ClN3. The number of anilines is 1. The summed E-state index contributed by atoms with van der Waals surface area (Å²) in [7, 11) is 2.02. The van der Waals surface area contributed by atoms with Gasteiger partial charge in [-0.15, -0.1) is 0 Å². The summed E-state index contributed by atoms with van der Waals surface area (Å²) in [6, 6.07) is 2.04. The van der Waals surface area contributed by atoms with Crippen molar-refractivity contribution in [2.45, 2.75) is 20.4 Å². The third-order valence-electron chi connectivity index (χ3n) is 2.35. The fraction of sp³-hybridized carbons (Fsp3) is 0.545. The summed E-state index contributed by atoms with van der Waals surface area (Å²) in [4.78, 5) is 6.37. The van der Waals surface area contributed by atoms with E-state index in [2.05, 4.69) is 29.0 Å². The summed E-state index contributed by atoms with van der Waals surface area (Å²) < 4.78 is 0. The lowest BCUT2D eigenvalue weighted by atomic mass is 10.2. The maximum absolute atomic E-state index is 6.06. The number of halogens is 1. The quantitative estimate of drug-likeness (QED) is 0.837. The fourth-order valence-electron chi connectivity index (χ4n) is 1.23. The van der Waals surface area contributed by atoms with Gasteiger partial charge in [-0.25, -0.2) is 4.98 Å². The number of nitrogens with one attached hydrogen (secondary N) is 1. The summed E-state index contributed by atoms with van der Waals surface area (Å²) in [6.07, 6.45) is 1.72. The number of rotatable bonds is 5. The zero-order valence-corrected chi connectivity index (χ0v) is 10.3. The van der Waals surface area contributed by atoms with E-state index in [0.717, 1.165) is 36.0 Å². The van der Waals surface area contributed by atoms with E-state index in [9.17, 15) is 0 Å². The van der Waals surface area contributed by atoms with Crippen LogP contribution in [-0.4, -0.2) is 25.1 Å². The van der Waals surface area contributed by atoms with Gasteiger partial charge in [-0.1, -0.05) is 18.5 Å². The molecule has 0 atom stereocenters. The van der Waals surface area contributed by atoms with Crippen molar-refractivity contribution in [1.29, 1.82) is 0 Å². The normalized spacial score (nSPS) is 10.4. The molecule has 0 saturated carbocycles. The Kier molecular flexibility index (Phi) is 4.85. The minimum absolute atomic E-state index is 0.726. The van der Waals surface area contributed by atoms with Crippen molar-refractivity contribution in [1.82, 2.24) is 10.3 Å². The summed E-state index contributed by atoms with van der Waals surface area (Å²) in [5.74, 6) is 0.967. The minimum atomic E-state index is 0.726. The fourth-order valence-corrected chi connectivity index (χ4v) is 1.40. The van der Waals surface area contributed by atoms with Crippen molar-refractivity contribution in [2.24, 2.45) is 0 Å². The Morgan fingerprint density at radius 3 is 2.80 bits per heavy atom. The van der Waals surface area contributed by atoms with Crippen LogP contribution in [0, 0.1) is 0 Å².